The van der Waals surface area contributed by atoms with Gasteiger partial charge < -0.3 is 19.6 Å². The Labute approximate surface area is 119 Å². The maximum absolute atomic E-state index is 12.6. The molecule has 0 spiro atoms. The summed E-state index contributed by atoms with van der Waals surface area (Å²) in [6.07, 6.45) is 2.93. The molecule has 0 aromatic carbocycles. The third-order valence-electron chi connectivity index (χ3n) is 4.06. The monoisotopic (exact) mass is 282 g/mol. The average molecular weight is 282 g/mol. The Morgan fingerprint density at radius 1 is 1.50 bits per heavy atom. The van der Waals surface area contributed by atoms with Gasteiger partial charge in [-0.3, -0.25) is 4.79 Å². The van der Waals surface area contributed by atoms with E-state index in [1.807, 2.05) is 6.92 Å². The number of urea groups is 1. The van der Waals surface area contributed by atoms with Crippen LogP contribution in [0, 0.1) is 5.92 Å². The number of rotatable bonds is 3. The number of hydrogen-bond acceptors (Lipinski definition) is 3. The van der Waals surface area contributed by atoms with E-state index < -0.39 is 11.9 Å². The van der Waals surface area contributed by atoms with Crippen molar-refractivity contribution in [1.29, 1.82) is 0 Å². The first-order valence-corrected chi connectivity index (χ1v) is 7.06. The molecule has 20 heavy (non-hydrogen) atoms. The van der Waals surface area contributed by atoms with Crippen molar-refractivity contribution < 1.29 is 19.4 Å². The minimum Gasteiger partial charge on any atom is -0.481 e. The van der Waals surface area contributed by atoms with Crippen molar-refractivity contribution >= 4 is 12.0 Å². The van der Waals surface area contributed by atoms with Crippen molar-refractivity contribution in [2.24, 2.45) is 5.92 Å². The van der Waals surface area contributed by atoms with Gasteiger partial charge in [0, 0.05) is 19.6 Å². The standard InChI is InChI=1S/C14H22N2O4/c1-3-16(12-9-20-8-11(12)13(17)18)14(19)15-6-4-10(2)5-7-15/h4,11-12H,3,5-9H2,1-2H3,(H,17,18). The van der Waals surface area contributed by atoms with Gasteiger partial charge in [0.15, 0.2) is 0 Å². The molecule has 1 N–H and O–H groups in total. The molecule has 0 radical (unpaired) electrons. The normalized spacial score (nSPS) is 26.3. The molecule has 0 aromatic rings. The summed E-state index contributed by atoms with van der Waals surface area (Å²) in [7, 11) is 0. The van der Waals surface area contributed by atoms with Crippen LogP contribution in [0.4, 0.5) is 4.79 Å². The number of nitrogens with zero attached hydrogens (tertiary/aromatic N) is 2. The highest BCUT2D eigenvalue weighted by molar-refractivity contribution is 5.77. The first-order chi connectivity index (χ1) is 9.54. The molecule has 6 heteroatoms. The summed E-state index contributed by atoms with van der Waals surface area (Å²) < 4.78 is 5.26. The van der Waals surface area contributed by atoms with Gasteiger partial charge in [0.2, 0.25) is 0 Å². The third kappa shape index (κ3) is 2.95. The molecule has 1 saturated heterocycles. The number of carboxylic acid groups (broad SMARTS) is 1. The van der Waals surface area contributed by atoms with Crippen LogP contribution in [0.25, 0.3) is 0 Å². The molecule has 2 aliphatic rings. The smallest absolute Gasteiger partial charge is 0.320 e. The van der Waals surface area contributed by atoms with E-state index in [9.17, 15) is 14.7 Å². The van der Waals surface area contributed by atoms with Crippen LogP contribution in [0.15, 0.2) is 11.6 Å². The van der Waals surface area contributed by atoms with Crippen LogP contribution >= 0.6 is 0 Å². The Bertz CT molecular complexity index is 421. The van der Waals surface area contributed by atoms with Crippen molar-refractivity contribution in [2.45, 2.75) is 26.3 Å². The van der Waals surface area contributed by atoms with Gasteiger partial charge in [-0.2, -0.15) is 0 Å². The molecule has 2 atom stereocenters. The van der Waals surface area contributed by atoms with Gasteiger partial charge in [0.1, 0.15) is 5.92 Å². The van der Waals surface area contributed by atoms with Crippen molar-refractivity contribution in [3.63, 3.8) is 0 Å². The van der Waals surface area contributed by atoms with E-state index >= 15 is 0 Å². The van der Waals surface area contributed by atoms with Crippen LogP contribution in [-0.2, 0) is 9.53 Å². The molecule has 2 heterocycles. The zero-order chi connectivity index (χ0) is 14.7. The maximum Gasteiger partial charge on any atom is 0.320 e. The van der Waals surface area contributed by atoms with Gasteiger partial charge in [0.05, 0.1) is 19.3 Å². The lowest BCUT2D eigenvalue weighted by atomic mass is 10.0. The van der Waals surface area contributed by atoms with Crippen LogP contribution in [-0.4, -0.2) is 65.8 Å². The van der Waals surface area contributed by atoms with Crippen molar-refractivity contribution in [3.8, 4) is 0 Å². The molecular weight excluding hydrogens is 260 g/mol. The van der Waals surface area contributed by atoms with Gasteiger partial charge in [-0.25, -0.2) is 4.79 Å². The molecule has 2 aliphatic heterocycles. The first-order valence-electron chi connectivity index (χ1n) is 7.06. The van der Waals surface area contributed by atoms with E-state index in [4.69, 9.17) is 4.74 Å². The topological polar surface area (TPSA) is 70.1 Å². The largest absolute Gasteiger partial charge is 0.481 e. The number of carbonyl (C=O) groups is 2. The molecule has 0 aliphatic carbocycles. The van der Waals surface area contributed by atoms with E-state index in [2.05, 4.69) is 13.0 Å². The zero-order valence-electron chi connectivity index (χ0n) is 12.0. The number of likely N-dealkylation sites (N-methyl/N-ethyl adjacent to an activating group) is 1. The number of aliphatic carboxylic acids is 1. The molecule has 2 amide bonds. The fraction of sp³-hybridized carbons (Fsp3) is 0.714. The van der Waals surface area contributed by atoms with Crippen molar-refractivity contribution in [3.05, 3.63) is 11.6 Å². The Balaban J connectivity index is 2.07. The summed E-state index contributed by atoms with van der Waals surface area (Å²) in [5.74, 6) is -1.52. The lowest BCUT2D eigenvalue weighted by molar-refractivity contribution is -0.142. The summed E-state index contributed by atoms with van der Waals surface area (Å²) in [6.45, 7) is 6.22. The third-order valence-corrected chi connectivity index (χ3v) is 4.06. The van der Waals surface area contributed by atoms with Crippen LogP contribution in [0.1, 0.15) is 20.3 Å². The van der Waals surface area contributed by atoms with Crippen molar-refractivity contribution in [2.75, 3.05) is 32.8 Å². The lowest BCUT2D eigenvalue weighted by Crippen LogP contribution is -2.52. The van der Waals surface area contributed by atoms with Crippen LogP contribution in [0.3, 0.4) is 0 Å². The van der Waals surface area contributed by atoms with Gasteiger partial charge in [-0.05, 0) is 20.3 Å². The molecular formula is C14H22N2O4. The molecule has 2 unspecified atom stereocenters. The number of hydrogen-bond donors (Lipinski definition) is 1. The zero-order valence-corrected chi connectivity index (χ0v) is 12.0. The number of ether oxygens (including phenoxy) is 1. The van der Waals surface area contributed by atoms with Crippen LogP contribution in [0.2, 0.25) is 0 Å². The average Bonchev–Trinajstić information content (AvgIpc) is 2.89. The van der Waals surface area contributed by atoms with Gasteiger partial charge in [-0.15, -0.1) is 0 Å². The van der Waals surface area contributed by atoms with E-state index in [0.29, 0.717) is 26.2 Å². The maximum atomic E-state index is 12.6. The minimum atomic E-state index is -0.895. The predicted octanol–water partition coefficient (Wildman–Crippen LogP) is 1.18. The molecule has 112 valence electrons. The molecule has 0 bridgehead atoms. The van der Waals surface area contributed by atoms with Crippen molar-refractivity contribution in [1.82, 2.24) is 9.80 Å². The highest BCUT2D eigenvalue weighted by atomic mass is 16.5. The minimum absolute atomic E-state index is 0.0852. The number of amides is 2. The molecule has 6 nitrogen and oxygen atoms in total. The Hall–Kier alpha value is -1.56. The molecule has 0 saturated carbocycles. The molecule has 1 fully saturated rings. The summed E-state index contributed by atoms with van der Waals surface area (Å²) in [6, 6.07) is -0.449. The predicted molar refractivity (Wildman–Crippen MR) is 73.5 cm³/mol. The number of carboxylic acids is 1. The summed E-state index contributed by atoms with van der Waals surface area (Å²) in [4.78, 5) is 27.2. The summed E-state index contributed by atoms with van der Waals surface area (Å²) in [5, 5.41) is 9.21. The fourth-order valence-corrected chi connectivity index (χ4v) is 2.72. The molecule has 0 aromatic heterocycles. The van der Waals surface area contributed by atoms with Crippen LogP contribution in [0.5, 0.6) is 0 Å². The fourth-order valence-electron chi connectivity index (χ4n) is 2.72. The lowest BCUT2D eigenvalue weighted by Gasteiger charge is -2.35. The van der Waals surface area contributed by atoms with Gasteiger partial charge in [-0.1, -0.05) is 11.6 Å². The second kappa shape index (κ2) is 6.26. The van der Waals surface area contributed by atoms with E-state index in [1.165, 1.54) is 5.57 Å². The van der Waals surface area contributed by atoms with E-state index in [-0.39, 0.29) is 18.7 Å². The Morgan fingerprint density at radius 2 is 2.25 bits per heavy atom. The highest BCUT2D eigenvalue weighted by Crippen LogP contribution is 2.22. The van der Waals surface area contributed by atoms with Gasteiger partial charge in [0.25, 0.3) is 0 Å². The first kappa shape index (κ1) is 14.8. The Morgan fingerprint density at radius 3 is 2.80 bits per heavy atom. The molecule has 2 rings (SSSR count). The second-order valence-corrected chi connectivity index (χ2v) is 5.36. The Kier molecular flexibility index (Phi) is 4.65. The van der Waals surface area contributed by atoms with E-state index in [0.717, 1.165) is 6.42 Å². The quantitative estimate of drug-likeness (QED) is 0.789. The second-order valence-electron chi connectivity index (χ2n) is 5.36. The number of carbonyl (C=O) groups excluding carboxylic acids is 1. The van der Waals surface area contributed by atoms with Crippen LogP contribution < -0.4 is 0 Å². The SMILES string of the molecule is CCN(C(=O)N1CC=C(C)CC1)C1COCC1C(=O)O. The van der Waals surface area contributed by atoms with E-state index in [1.54, 1.807) is 9.80 Å². The summed E-state index contributed by atoms with van der Waals surface area (Å²) in [5.41, 5.74) is 1.30. The highest BCUT2D eigenvalue weighted by Gasteiger charge is 2.40. The van der Waals surface area contributed by atoms with Gasteiger partial charge >= 0.3 is 12.0 Å². The summed E-state index contributed by atoms with van der Waals surface area (Å²) >= 11 is 0.